The smallest absolute Gasteiger partial charge is 0.237 e. The Morgan fingerprint density at radius 2 is 2.09 bits per heavy atom. The van der Waals surface area contributed by atoms with Crippen LogP contribution in [0, 0.1) is 0 Å². The van der Waals surface area contributed by atoms with Crippen molar-refractivity contribution in [2.45, 2.75) is 29.9 Å². The minimum Gasteiger partial charge on any atom is -0.342 e. The summed E-state index contributed by atoms with van der Waals surface area (Å²) in [5.41, 5.74) is 0.922. The minimum atomic E-state index is -0.0305. The predicted octanol–water partition coefficient (Wildman–Crippen LogP) is 2.04. The molecule has 3 rings (SSSR count). The molecule has 1 saturated heterocycles. The number of thioether (sulfide) groups is 1. The molecule has 1 N–H and O–H groups in total. The van der Waals surface area contributed by atoms with Crippen molar-refractivity contribution in [3.63, 3.8) is 0 Å². The predicted molar refractivity (Wildman–Crippen MR) is 92.6 cm³/mol. The average molecular weight is 333 g/mol. The Balaban J connectivity index is 1.53. The maximum absolute atomic E-state index is 12.2. The van der Waals surface area contributed by atoms with E-state index >= 15 is 0 Å². The topological polar surface area (TPSA) is 52.7 Å². The van der Waals surface area contributed by atoms with Crippen LogP contribution >= 0.6 is 11.8 Å². The lowest BCUT2D eigenvalue weighted by molar-refractivity contribution is -0.128. The van der Waals surface area contributed by atoms with E-state index in [0.717, 1.165) is 56.1 Å². The summed E-state index contributed by atoms with van der Waals surface area (Å²) >= 11 is 1.66. The molecule has 2 amide bonds. The molecule has 0 saturated carbocycles. The molecule has 2 aliphatic heterocycles. The van der Waals surface area contributed by atoms with Crippen molar-refractivity contribution in [2.75, 3.05) is 38.0 Å². The van der Waals surface area contributed by atoms with Crippen molar-refractivity contribution in [3.8, 4) is 0 Å². The molecule has 2 heterocycles. The zero-order valence-corrected chi connectivity index (χ0v) is 14.3. The summed E-state index contributed by atoms with van der Waals surface area (Å²) in [6.45, 7) is 6.07. The monoisotopic (exact) mass is 333 g/mol. The first-order chi connectivity index (χ1) is 11.1. The molecule has 0 aliphatic carbocycles. The number of carbonyl (C=O) groups excluding carboxylic acids is 2. The number of nitrogens with zero attached hydrogens (tertiary/aromatic N) is 2. The number of anilines is 1. The Morgan fingerprint density at radius 3 is 2.91 bits per heavy atom. The summed E-state index contributed by atoms with van der Waals surface area (Å²) in [6, 6.07) is 7.95. The number of benzene rings is 1. The van der Waals surface area contributed by atoms with E-state index in [0.29, 0.717) is 0 Å². The van der Waals surface area contributed by atoms with Gasteiger partial charge in [0.25, 0.3) is 0 Å². The normalized spacial score (nSPS) is 22.2. The van der Waals surface area contributed by atoms with Gasteiger partial charge in [-0.25, -0.2) is 0 Å². The summed E-state index contributed by atoms with van der Waals surface area (Å²) in [6.07, 6.45) is 1.84. The molecule has 2 aliphatic rings. The Labute approximate surface area is 141 Å². The number of fused-ring (bicyclic) bond motifs is 1. The lowest BCUT2D eigenvalue weighted by Gasteiger charge is -2.27. The fourth-order valence-corrected chi connectivity index (χ4v) is 4.19. The van der Waals surface area contributed by atoms with Crippen molar-refractivity contribution < 1.29 is 9.59 Å². The van der Waals surface area contributed by atoms with E-state index in [1.165, 1.54) is 0 Å². The number of rotatable bonds is 3. The molecule has 5 nitrogen and oxygen atoms in total. The van der Waals surface area contributed by atoms with E-state index in [1.54, 1.807) is 18.7 Å². The van der Waals surface area contributed by atoms with Gasteiger partial charge in [-0.15, -0.1) is 11.8 Å². The highest BCUT2D eigenvalue weighted by Gasteiger charge is 2.27. The van der Waals surface area contributed by atoms with E-state index in [9.17, 15) is 9.59 Å². The van der Waals surface area contributed by atoms with E-state index in [4.69, 9.17) is 0 Å². The van der Waals surface area contributed by atoms with Gasteiger partial charge in [0.15, 0.2) is 0 Å². The summed E-state index contributed by atoms with van der Waals surface area (Å²) < 4.78 is 0. The van der Waals surface area contributed by atoms with Crippen LogP contribution in [0.15, 0.2) is 29.2 Å². The van der Waals surface area contributed by atoms with E-state index < -0.39 is 0 Å². The average Bonchev–Trinajstić information content (AvgIpc) is 2.78. The molecular formula is C17H23N3O2S. The fourth-order valence-electron chi connectivity index (χ4n) is 3.09. The summed E-state index contributed by atoms with van der Waals surface area (Å²) in [5, 5.41) is 2.97. The lowest BCUT2D eigenvalue weighted by Crippen LogP contribution is -2.36. The highest BCUT2D eigenvalue weighted by Crippen LogP contribution is 2.36. The maximum Gasteiger partial charge on any atom is 0.237 e. The first-order valence-corrected chi connectivity index (χ1v) is 9.06. The summed E-state index contributed by atoms with van der Waals surface area (Å²) in [4.78, 5) is 29.1. The quantitative estimate of drug-likeness (QED) is 0.920. The van der Waals surface area contributed by atoms with Gasteiger partial charge in [-0.1, -0.05) is 12.1 Å². The van der Waals surface area contributed by atoms with Gasteiger partial charge in [0.05, 0.1) is 10.9 Å². The Kier molecular flexibility index (Phi) is 5.23. The van der Waals surface area contributed by atoms with Crippen molar-refractivity contribution in [3.05, 3.63) is 24.3 Å². The largest absolute Gasteiger partial charge is 0.342 e. The van der Waals surface area contributed by atoms with Gasteiger partial charge < -0.3 is 15.1 Å². The minimum absolute atomic E-state index is 0.0305. The number of nitrogens with one attached hydrogen (secondary N) is 1. The van der Waals surface area contributed by atoms with Crippen LogP contribution in [0.1, 0.15) is 19.8 Å². The highest BCUT2D eigenvalue weighted by atomic mass is 32.2. The van der Waals surface area contributed by atoms with E-state index in [2.05, 4.69) is 16.3 Å². The molecule has 0 bridgehead atoms. The maximum atomic E-state index is 12.2. The zero-order valence-electron chi connectivity index (χ0n) is 13.5. The number of hydrogen-bond donors (Lipinski definition) is 1. The highest BCUT2D eigenvalue weighted by molar-refractivity contribution is 8.01. The molecular weight excluding hydrogens is 310 g/mol. The Morgan fingerprint density at radius 1 is 1.26 bits per heavy atom. The van der Waals surface area contributed by atoms with E-state index in [1.807, 2.05) is 23.1 Å². The molecule has 1 fully saturated rings. The second kappa shape index (κ2) is 7.36. The molecule has 1 aromatic rings. The van der Waals surface area contributed by atoms with Crippen LogP contribution in [-0.2, 0) is 9.59 Å². The molecule has 1 aromatic carbocycles. The third-order valence-electron chi connectivity index (χ3n) is 4.45. The van der Waals surface area contributed by atoms with Crippen LogP contribution in [0.3, 0.4) is 0 Å². The summed E-state index contributed by atoms with van der Waals surface area (Å²) in [7, 11) is 0. The fraction of sp³-hybridized carbons (Fsp3) is 0.529. The standard InChI is InChI=1S/C17H23N3O2S/c1-13(21)20-9-4-8-19(11-12-20)10-7-16-17(22)18-14-5-2-3-6-15(14)23-16/h2-3,5-6,16H,4,7-12H2,1H3,(H,18,22)/t16-/m1/s1. The Hall–Kier alpha value is -1.53. The van der Waals surface area contributed by atoms with Crippen molar-refractivity contribution >= 4 is 29.3 Å². The van der Waals surface area contributed by atoms with Crippen LogP contribution in [-0.4, -0.2) is 59.6 Å². The van der Waals surface area contributed by atoms with Crippen molar-refractivity contribution in [2.24, 2.45) is 0 Å². The first-order valence-electron chi connectivity index (χ1n) is 8.18. The van der Waals surface area contributed by atoms with Crippen LogP contribution in [0.25, 0.3) is 0 Å². The van der Waals surface area contributed by atoms with Gasteiger partial charge >= 0.3 is 0 Å². The number of amides is 2. The molecule has 124 valence electrons. The number of para-hydroxylation sites is 1. The van der Waals surface area contributed by atoms with Gasteiger partial charge in [-0.05, 0) is 38.1 Å². The van der Waals surface area contributed by atoms with Crippen LogP contribution in [0.2, 0.25) is 0 Å². The first kappa shape index (κ1) is 16.3. The molecule has 0 unspecified atom stereocenters. The molecule has 0 aromatic heterocycles. The van der Waals surface area contributed by atoms with Crippen LogP contribution in [0.4, 0.5) is 5.69 Å². The van der Waals surface area contributed by atoms with Gasteiger partial charge in [0.1, 0.15) is 0 Å². The van der Waals surface area contributed by atoms with E-state index in [-0.39, 0.29) is 17.1 Å². The van der Waals surface area contributed by atoms with Gasteiger partial charge in [-0.3, -0.25) is 9.59 Å². The molecule has 0 radical (unpaired) electrons. The summed E-state index contributed by atoms with van der Waals surface area (Å²) in [5.74, 6) is 0.263. The van der Waals surface area contributed by atoms with Crippen LogP contribution in [0.5, 0.6) is 0 Å². The SMILES string of the molecule is CC(=O)N1CCCN(CC[C@H]2Sc3ccccc3NC2=O)CC1. The Bertz CT molecular complexity index is 593. The third-order valence-corrected chi connectivity index (χ3v) is 5.79. The van der Waals surface area contributed by atoms with Gasteiger partial charge in [0.2, 0.25) is 11.8 Å². The number of carbonyl (C=O) groups is 2. The third kappa shape index (κ3) is 4.06. The molecule has 6 heteroatoms. The zero-order chi connectivity index (χ0) is 16.2. The molecule has 1 atom stereocenters. The second-order valence-electron chi connectivity index (χ2n) is 6.08. The van der Waals surface area contributed by atoms with Gasteiger partial charge in [0, 0.05) is 31.5 Å². The molecule has 0 spiro atoms. The van der Waals surface area contributed by atoms with Crippen molar-refractivity contribution in [1.82, 2.24) is 9.80 Å². The van der Waals surface area contributed by atoms with Crippen LogP contribution < -0.4 is 5.32 Å². The lowest BCUT2D eigenvalue weighted by atomic mass is 10.2. The number of hydrogen-bond acceptors (Lipinski definition) is 4. The van der Waals surface area contributed by atoms with Gasteiger partial charge in [-0.2, -0.15) is 0 Å². The van der Waals surface area contributed by atoms with Crippen molar-refractivity contribution in [1.29, 1.82) is 0 Å². The molecule has 23 heavy (non-hydrogen) atoms. The second-order valence-corrected chi connectivity index (χ2v) is 7.33.